The molecule has 1 aliphatic carbocycles. The van der Waals surface area contributed by atoms with Crippen LogP contribution in [0.1, 0.15) is 181 Å². The van der Waals surface area contributed by atoms with Gasteiger partial charge in [0, 0.05) is 0 Å². The maximum atomic E-state index is 12.7. The molecule has 2 unspecified atom stereocenters. The molecule has 0 aliphatic heterocycles. The van der Waals surface area contributed by atoms with Crippen LogP contribution in [0.15, 0.2) is 12.2 Å². The molecule has 0 aromatic rings. The molecule has 4 heteroatoms. The average Bonchev–Trinajstić information content (AvgIpc) is 2.90. The van der Waals surface area contributed by atoms with Crippen molar-refractivity contribution in [2.24, 2.45) is 10.8 Å². The highest BCUT2D eigenvalue weighted by atomic mass is 16.4. The van der Waals surface area contributed by atoms with Gasteiger partial charge >= 0.3 is 11.9 Å². The largest absolute Gasteiger partial charge is 0.481 e. The summed E-state index contributed by atoms with van der Waals surface area (Å²) in [4.78, 5) is 25.4. The third kappa shape index (κ3) is 12.2. The first-order valence-corrected chi connectivity index (χ1v) is 16.6. The molecule has 0 aromatic heterocycles. The van der Waals surface area contributed by atoms with Crippen LogP contribution < -0.4 is 0 Å². The van der Waals surface area contributed by atoms with Gasteiger partial charge in [0.1, 0.15) is 0 Å². The molecule has 0 saturated carbocycles. The Bertz CT molecular complexity index is 588. The van der Waals surface area contributed by atoms with Crippen LogP contribution in [0.3, 0.4) is 0 Å². The van der Waals surface area contributed by atoms with Gasteiger partial charge in [-0.3, -0.25) is 9.59 Å². The van der Waals surface area contributed by atoms with Crippen LogP contribution in [0, 0.1) is 10.8 Å². The molecule has 0 bridgehead atoms. The van der Waals surface area contributed by atoms with E-state index >= 15 is 0 Å². The molecule has 222 valence electrons. The number of allylic oxidation sites excluding steroid dienone is 2. The summed E-state index contributed by atoms with van der Waals surface area (Å²) >= 11 is 0. The third-order valence-corrected chi connectivity index (χ3v) is 9.25. The van der Waals surface area contributed by atoms with E-state index < -0.39 is 22.8 Å². The van der Waals surface area contributed by atoms with E-state index in [9.17, 15) is 19.8 Å². The van der Waals surface area contributed by atoms with Gasteiger partial charge in [-0.15, -0.1) is 0 Å². The molecule has 0 heterocycles. The Hall–Kier alpha value is -1.32. The molecule has 0 amide bonds. The zero-order chi connectivity index (χ0) is 28.0. The van der Waals surface area contributed by atoms with Crippen LogP contribution in [-0.2, 0) is 9.59 Å². The Balaban J connectivity index is 2.47. The molecule has 2 atom stereocenters. The molecule has 1 aliphatic rings. The zero-order valence-corrected chi connectivity index (χ0v) is 25.3. The highest BCUT2D eigenvalue weighted by molar-refractivity contribution is 5.87. The minimum atomic E-state index is -1.18. The molecule has 2 N–H and O–H groups in total. The maximum Gasteiger partial charge on any atom is 0.311 e. The topological polar surface area (TPSA) is 74.6 Å². The van der Waals surface area contributed by atoms with Gasteiger partial charge in [-0.2, -0.15) is 0 Å². The van der Waals surface area contributed by atoms with E-state index in [4.69, 9.17) is 0 Å². The molecule has 0 radical (unpaired) electrons. The smallest absolute Gasteiger partial charge is 0.311 e. The normalized spacial score (nSPS) is 21.1. The van der Waals surface area contributed by atoms with E-state index in [0.717, 1.165) is 38.5 Å². The van der Waals surface area contributed by atoms with Gasteiger partial charge in [0.15, 0.2) is 0 Å². The van der Waals surface area contributed by atoms with E-state index in [1.54, 1.807) is 0 Å². The summed E-state index contributed by atoms with van der Waals surface area (Å²) in [7, 11) is 0. The predicted molar refractivity (Wildman–Crippen MR) is 161 cm³/mol. The Kier molecular flexibility index (Phi) is 19.6. The van der Waals surface area contributed by atoms with Crippen LogP contribution in [0.4, 0.5) is 0 Å². The number of unbranched alkanes of at least 4 members (excludes halogenated alkanes) is 20. The number of carbonyl (C=O) groups is 2. The fraction of sp³-hybridized carbons (Fsp3) is 0.882. The lowest BCUT2D eigenvalue weighted by atomic mass is 9.54. The van der Waals surface area contributed by atoms with Gasteiger partial charge in [0.05, 0.1) is 10.8 Å². The van der Waals surface area contributed by atoms with E-state index in [0.29, 0.717) is 25.7 Å². The number of aliphatic carboxylic acids is 2. The Labute approximate surface area is 235 Å². The lowest BCUT2D eigenvalue weighted by molar-refractivity contribution is -0.177. The zero-order valence-electron chi connectivity index (χ0n) is 25.3. The number of carboxylic acid groups (broad SMARTS) is 2. The van der Waals surface area contributed by atoms with Crippen molar-refractivity contribution in [3.63, 3.8) is 0 Å². The first-order valence-electron chi connectivity index (χ1n) is 16.6. The van der Waals surface area contributed by atoms with E-state index in [1.165, 1.54) is 103 Å². The second kappa shape index (κ2) is 21.5. The van der Waals surface area contributed by atoms with Gasteiger partial charge in [-0.25, -0.2) is 0 Å². The molecule has 0 saturated heterocycles. The van der Waals surface area contributed by atoms with Crippen LogP contribution >= 0.6 is 0 Å². The van der Waals surface area contributed by atoms with Gasteiger partial charge in [0.25, 0.3) is 0 Å². The highest BCUT2D eigenvalue weighted by Crippen LogP contribution is 2.55. The summed E-state index contributed by atoms with van der Waals surface area (Å²) in [5.74, 6) is -1.81. The van der Waals surface area contributed by atoms with Crippen molar-refractivity contribution in [1.82, 2.24) is 0 Å². The quantitative estimate of drug-likeness (QED) is 0.0854. The number of rotatable bonds is 26. The minimum absolute atomic E-state index is 0.352. The van der Waals surface area contributed by atoms with Crippen LogP contribution in [0.2, 0.25) is 0 Å². The van der Waals surface area contributed by atoms with Crippen molar-refractivity contribution < 1.29 is 19.8 Å². The van der Waals surface area contributed by atoms with E-state index in [-0.39, 0.29) is 0 Å². The van der Waals surface area contributed by atoms with Gasteiger partial charge in [-0.1, -0.05) is 167 Å². The second-order valence-electron chi connectivity index (χ2n) is 12.2. The van der Waals surface area contributed by atoms with Gasteiger partial charge < -0.3 is 10.2 Å². The van der Waals surface area contributed by atoms with Gasteiger partial charge in [0.2, 0.25) is 0 Å². The monoisotopic (exact) mass is 534 g/mol. The molecule has 1 rings (SSSR count). The average molecular weight is 535 g/mol. The van der Waals surface area contributed by atoms with Crippen molar-refractivity contribution >= 4 is 11.9 Å². The minimum Gasteiger partial charge on any atom is -0.481 e. The van der Waals surface area contributed by atoms with Crippen molar-refractivity contribution in [1.29, 1.82) is 0 Å². The Morgan fingerprint density at radius 1 is 0.474 bits per heavy atom. The van der Waals surface area contributed by atoms with Crippen LogP contribution in [0.5, 0.6) is 0 Å². The lowest BCUT2D eigenvalue weighted by Crippen LogP contribution is -2.53. The molecule has 0 aromatic carbocycles. The van der Waals surface area contributed by atoms with Crippen molar-refractivity contribution in [3.05, 3.63) is 12.2 Å². The fourth-order valence-corrected chi connectivity index (χ4v) is 6.62. The summed E-state index contributed by atoms with van der Waals surface area (Å²) in [5.41, 5.74) is -2.35. The van der Waals surface area contributed by atoms with Crippen LogP contribution in [-0.4, -0.2) is 22.2 Å². The molecule has 0 spiro atoms. The molecular weight excluding hydrogens is 472 g/mol. The summed E-state index contributed by atoms with van der Waals surface area (Å²) in [6.07, 6.45) is 32.2. The first-order chi connectivity index (χ1) is 18.5. The van der Waals surface area contributed by atoms with Crippen molar-refractivity contribution in [3.8, 4) is 0 Å². The lowest BCUT2D eigenvalue weighted by Gasteiger charge is -2.47. The third-order valence-electron chi connectivity index (χ3n) is 9.25. The van der Waals surface area contributed by atoms with Crippen molar-refractivity contribution in [2.45, 2.75) is 181 Å². The summed E-state index contributed by atoms with van der Waals surface area (Å²) < 4.78 is 0. The summed E-state index contributed by atoms with van der Waals surface area (Å²) in [5, 5.41) is 20.8. The SMILES string of the molecule is CCCCCCCCCCCCCC1(C(=O)O)CC=CCC1(CCCCCCCCCCCCC)C(=O)O. The summed E-state index contributed by atoms with van der Waals surface area (Å²) in [6.45, 7) is 4.49. The number of hydrogen-bond donors (Lipinski definition) is 2. The van der Waals surface area contributed by atoms with Gasteiger partial charge in [-0.05, 0) is 25.7 Å². The molecule has 0 fully saturated rings. The summed E-state index contributed by atoms with van der Waals surface area (Å²) in [6, 6.07) is 0. The second-order valence-corrected chi connectivity index (χ2v) is 12.2. The fourth-order valence-electron chi connectivity index (χ4n) is 6.62. The highest BCUT2D eigenvalue weighted by Gasteiger charge is 2.60. The Morgan fingerprint density at radius 3 is 0.947 bits per heavy atom. The first kappa shape index (κ1) is 34.7. The molecule has 4 nitrogen and oxygen atoms in total. The molecular formula is C34H62O4. The maximum absolute atomic E-state index is 12.7. The molecule has 38 heavy (non-hydrogen) atoms. The van der Waals surface area contributed by atoms with E-state index in [2.05, 4.69) is 13.8 Å². The number of carboxylic acids is 2. The van der Waals surface area contributed by atoms with Crippen molar-refractivity contribution in [2.75, 3.05) is 0 Å². The van der Waals surface area contributed by atoms with E-state index in [1.807, 2.05) is 12.2 Å². The standard InChI is InChI=1S/C34H62O4/c1-3-5-7-9-11-13-15-17-19-21-23-27-33(31(35)36)29-25-26-30-34(33,32(37)38)28-24-22-20-18-16-14-12-10-8-6-4-2/h25-26H,3-24,27-30H2,1-2H3,(H,35,36)(H,37,38). The van der Waals surface area contributed by atoms with Crippen LogP contribution in [0.25, 0.3) is 0 Å². The Morgan fingerprint density at radius 2 is 0.711 bits per heavy atom. The number of hydrogen-bond acceptors (Lipinski definition) is 2. The predicted octanol–water partition coefficient (Wildman–Crippen LogP) is 10.9.